The van der Waals surface area contributed by atoms with Crippen LogP contribution < -0.4 is 10.1 Å². The minimum absolute atomic E-state index is 0.452. The van der Waals surface area contributed by atoms with Crippen LogP contribution in [0.3, 0.4) is 0 Å². The minimum atomic E-state index is -0.491. The third kappa shape index (κ3) is 2.53. The first kappa shape index (κ1) is 10.1. The average Bonchev–Trinajstić information content (AvgIpc) is 2.21. The molecule has 0 fully saturated rings. The summed E-state index contributed by atoms with van der Waals surface area (Å²) in [4.78, 5) is 11.0. The third-order valence-corrected chi connectivity index (χ3v) is 1.67. The van der Waals surface area contributed by atoms with Gasteiger partial charge in [0.25, 0.3) is 0 Å². The molecule has 0 saturated heterocycles. The first-order valence-corrected chi connectivity index (χ1v) is 4.19. The van der Waals surface area contributed by atoms with E-state index in [1.807, 2.05) is 12.1 Å². The summed E-state index contributed by atoms with van der Waals surface area (Å²) in [6.07, 6.45) is 5.15. The van der Waals surface area contributed by atoms with Crippen LogP contribution in [0.4, 0.5) is 4.79 Å². The average molecular weight is 189 g/mol. The number of terminal acetylenes is 1. The van der Waals surface area contributed by atoms with Gasteiger partial charge in [-0.25, -0.2) is 4.79 Å². The molecule has 0 aliphatic heterocycles. The van der Waals surface area contributed by atoms with Gasteiger partial charge in [-0.1, -0.05) is 18.2 Å². The van der Waals surface area contributed by atoms with E-state index in [-0.39, 0.29) is 0 Å². The lowest BCUT2D eigenvalue weighted by atomic mass is 10.1. The molecule has 0 bridgehead atoms. The number of rotatable bonds is 2. The monoisotopic (exact) mass is 189 g/mol. The number of hydrogen-bond acceptors (Lipinski definition) is 2. The molecule has 1 amide bonds. The molecule has 14 heavy (non-hydrogen) atoms. The van der Waals surface area contributed by atoms with Crippen molar-refractivity contribution in [2.45, 2.75) is 6.42 Å². The van der Waals surface area contributed by atoms with Crippen LogP contribution in [-0.2, 0) is 6.42 Å². The van der Waals surface area contributed by atoms with Crippen LogP contribution in [0.2, 0.25) is 0 Å². The SMILES string of the molecule is C#CCc1ccccc1OC(=O)NC. The fourth-order valence-electron chi connectivity index (χ4n) is 1.01. The topological polar surface area (TPSA) is 38.3 Å². The molecule has 0 atom stereocenters. The van der Waals surface area contributed by atoms with Crippen molar-refractivity contribution in [3.8, 4) is 18.1 Å². The lowest BCUT2D eigenvalue weighted by molar-refractivity contribution is 0.202. The largest absolute Gasteiger partial charge is 0.412 e. The second-order valence-electron chi connectivity index (χ2n) is 2.63. The van der Waals surface area contributed by atoms with E-state index >= 15 is 0 Å². The summed E-state index contributed by atoms with van der Waals surface area (Å²) in [5.74, 6) is 3.01. The van der Waals surface area contributed by atoms with Crippen LogP contribution in [0.5, 0.6) is 5.75 Å². The van der Waals surface area contributed by atoms with E-state index < -0.39 is 6.09 Å². The summed E-state index contributed by atoms with van der Waals surface area (Å²) in [6.45, 7) is 0. The minimum Gasteiger partial charge on any atom is -0.410 e. The summed E-state index contributed by atoms with van der Waals surface area (Å²) < 4.78 is 5.00. The molecular weight excluding hydrogens is 178 g/mol. The van der Waals surface area contributed by atoms with Gasteiger partial charge in [0, 0.05) is 19.0 Å². The zero-order chi connectivity index (χ0) is 10.4. The Balaban J connectivity index is 2.85. The highest BCUT2D eigenvalue weighted by Gasteiger charge is 2.05. The van der Waals surface area contributed by atoms with Crippen molar-refractivity contribution in [2.75, 3.05) is 7.05 Å². The van der Waals surface area contributed by atoms with Crippen molar-refractivity contribution in [1.29, 1.82) is 0 Å². The highest BCUT2D eigenvalue weighted by Crippen LogP contribution is 2.17. The molecule has 1 rings (SSSR count). The normalized spacial score (nSPS) is 8.86. The number of ether oxygens (including phenoxy) is 1. The van der Waals surface area contributed by atoms with Gasteiger partial charge in [0.1, 0.15) is 5.75 Å². The van der Waals surface area contributed by atoms with E-state index in [9.17, 15) is 4.79 Å². The van der Waals surface area contributed by atoms with E-state index in [4.69, 9.17) is 11.2 Å². The maximum absolute atomic E-state index is 11.0. The molecule has 0 unspecified atom stereocenters. The van der Waals surface area contributed by atoms with Crippen molar-refractivity contribution in [2.24, 2.45) is 0 Å². The number of nitrogens with one attached hydrogen (secondary N) is 1. The van der Waals surface area contributed by atoms with Crippen LogP contribution in [0.15, 0.2) is 24.3 Å². The lowest BCUT2D eigenvalue weighted by Crippen LogP contribution is -2.22. The summed E-state index contributed by atoms with van der Waals surface area (Å²) in [5.41, 5.74) is 0.832. The molecular formula is C11H11NO2. The van der Waals surface area contributed by atoms with Gasteiger partial charge in [-0.2, -0.15) is 0 Å². The Morgan fingerprint density at radius 3 is 2.93 bits per heavy atom. The van der Waals surface area contributed by atoms with E-state index in [0.717, 1.165) is 5.56 Å². The first-order valence-electron chi connectivity index (χ1n) is 4.19. The summed E-state index contributed by atoms with van der Waals surface area (Å²) in [7, 11) is 1.51. The van der Waals surface area contributed by atoms with Crippen molar-refractivity contribution in [3.63, 3.8) is 0 Å². The Bertz CT molecular complexity index is 366. The predicted octanol–water partition coefficient (Wildman–Crippen LogP) is 1.58. The smallest absolute Gasteiger partial charge is 0.410 e. The highest BCUT2D eigenvalue weighted by atomic mass is 16.6. The maximum Gasteiger partial charge on any atom is 0.412 e. The van der Waals surface area contributed by atoms with Crippen molar-refractivity contribution in [3.05, 3.63) is 29.8 Å². The number of amides is 1. The molecule has 0 radical (unpaired) electrons. The fraction of sp³-hybridized carbons (Fsp3) is 0.182. The van der Waals surface area contributed by atoms with Crippen molar-refractivity contribution in [1.82, 2.24) is 5.32 Å². The van der Waals surface area contributed by atoms with Crippen LogP contribution in [0.25, 0.3) is 0 Å². The Labute approximate surface area is 83.1 Å². The molecule has 0 heterocycles. The number of carbonyl (C=O) groups is 1. The van der Waals surface area contributed by atoms with Gasteiger partial charge in [-0.3, -0.25) is 0 Å². The molecule has 0 saturated carbocycles. The molecule has 3 heteroatoms. The molecule has 1 aromatic rings. The Morgan fingerprint density at radius 2 is 2.29 bits per heavy atom. The summed E-state index contributed by atoms with van der Waals surface area (Å²) in [6, 6.07) is 7.18. The third-order valence-electron chi connectivity index (χ3n) is 1.67. The van der Waals surface area contributed by atoms with Crippen molar-refractivity contribution >= 4 is 6.09 Å². The van der Waals surface area contributed by atoms with E-state index in [1.54, 1.807) is 12.1 Å². The fourth-order valence-corrected chi connectivity index (χ4v) is 1.01. The van der Waals surface area contributed by atoms with Gasteiger partial charge in [0.2, 0.25) is 0 Å². The highest BCUT2D eigenvalue weighted by molar-refractivity contribution is 5.70. The number of para-hydroxylation sites is 1. The van der Waals surface area contributed by atoms with Gasteiger partial charge in [0.05, 0.1) is 0 Å². The number of hydrogen-bond donors (Lipinski definition) is 1. The maximum atomic E-state index is 11.0. The summed E-state index contributed by atoms with van der Waals surface area (Å²) in [5, 5.41) is 2.37. The molecule has 1 aromatic carbocycles. The Hall–Kier alpha value is -1.95. The second kappa shape index (κ2) is 4.93. The van der Waals surface area contributed by atoms with Crippen LogP contribution in [0, 0.1) is 12.3 Å². The van der Waals surface area contributed by atoms with Gasteiger partial charge in [0.15, 0.2) is 0 Å². The molecule has 0 aromatic heterocycles. The number of carbonyl (C=O) groups excluding carboxylic acids is 1. The Morgan fingerprint density at radius 1 is 1.57 bits per heavy atom. The van der Waals surface area contributed by atoms with Gasteiger partial charge in [-0.05, 0) is 6.07 Å². The quantitative estimate of drug-likeness (QED) is 0.717. The van der Waals surface area contributed by atoms with Crippen LogP contribution in [0.1, 0.15) is 5.56 Å². The number of benzene rings is 1. The summed E-state index contributed by atoms with van der Waals surface area (Å²) >= 11 is 0. The Kier molecular flexibility index (Phi) is 3.57. The van der Waals surface area contributed by atoms with Crippen LogP contribution in [-0.4, -0.2) is 13.1 Å². The first-order chi connectivity index (χ1) is 6.77. The standard InChI is InChI=1S/C11H11NO2/c1-3-6-9-7-4-5-8-10(9)14-11(13)12-2/h1,4-5,7-8H,6H2,2H3,(H,12,13). The molecule has 0 aliphatic rings. The molecule has 0 aliphatic carbocycles. The van der Waals surface area contributed by atoms with E-state index in [1.165, 1.54) is 7.05 Å². The molecule has 72 valence electrons. The zero-order valence-corrected chi connectivity index (χ0v) is 7.91. The van der Waals surface area contributed by atoms with Gasteiger partial charge >= 0.3 is 6.09 Å². The second-order valence-corrected chi connectivity index (χ2v) is 2.63. The van der Waals surface area contributed by atoms with Crippen molar-refractivity contribution < 1.29 is 9.53 Å². The van der Waals surface area contributed by atoms with Gasteiger partial charge < -0.3 is 10.1 Å². The zero-order valence-electron chi connectivity index (χ0n) is 7.91. The van der Waals surface area contributed by atoms with Gasteiger partial charge in [-0.15, -0.1) is 12.3 Å². The molecule has 3 nitrogen and oxygen atoms in total. The lowest BCUT2D eigenvalue weighted by Gasteiger charge is -2.06. The van der Waals surface area contributed by atoms with Crippen LogP contribution >= 0.6 is 0 Å². The molecule has 0 spiro atoms. The predicted molar refractivity (Wildman–Crippen MR) is 54.1 cm³/mol. The molecule has 1 N–H and O–H groups in total. The van der Waals surface area contributed by atoms with E-state index in [2.05, 4.69) is 11.2 Å². The van der Waals surface area contributed by atoms with E-state index in [0.29, 0.717) is 12.2 Å².